The minimum Gasteiger partial charge on any atom is -0.476 e. The molecule has 2 amide bonds. The zero-order valence-electron chi connectivity index (χ0n) is 71.9. The normalized spacial score (nSPS) is 16.9. The van der Waals surface area contributed by atoms with Crippen molar-refractivity contribution in [3.8, 4) is 57.8 Å². The lowest BCUT2D eigenvalue weighted by atomic mass is 9.78. The second kappa shape index (κ2) is 35.3. The first-order valence-electron chi connectivity index (χ1n) is 41.5. The molecule has 0 unspecified atom stereocenters. The van der Waals surface area contributed by atoms with Crippen LogP contribution in [0.5, 0.6) is 0 Å². The summed E-state index contributed by atoms with van der Waals surface area (Å²) < 4.78 is 37.5. The lowest BCUT2D eigenvalue weighted by Gasteiger charge is -2.62. The molecule has 0 aromatic carbocycles. The van der Waals surface area contributed by atoms with Gasteiger partial charge >= 0.3 is 18.2 Å². The molecule has 0 aliphatic carbocycles. The molecule has 36 nitrogen and oxygen atoms in total. The minimum atomic E-state index is -1.26. The van der Waals surface area contributed by atoms with Crippen LogP contribution in [-0.4, -0.2) is 243 Å². The predicted molar refractivity (Wildman–Crippen MR) is 466 cm³/mol. The fourth-order valence-electron chi connectivity index (χ4n) is 16.1. The number of ketones is 1. The van der Waals surface area contributed by atoms with E-state index in [9.17, 15) is 28.7 Å². The van der Waals surface area contributed by atoms with Gasteiger partial charge in [-0.3, -0.25) is 24.4 Å². The number of nitrogens with zero attached hydrogens (tertiary/aromatic N) is 23. The van der Waals surface area contributed by atoms with E-state index in [0.717, 1.165) is 142 Å². The zero-order valence-corrected chi connectivity index (χ0v) is 71.9. The maximum absolute atomic E-state index is 13.4. The molecule has 0 bridgehead atoms. The molecule has 0 atom stereocenters. The fourth-order valence-corrected chi connectivity index (χ4v) is 16.1. The number of nitrogens with two attached hydrogens (primary N) is 3. The topological polar surface area (TPSA) is 457 Å². The minimum absolute atomic E-state index is 0.0408. The van der Waals surface area contributed by atoms with E-state index >= 15 is 0 Å². The number of rotatable bonds is 13. The van der Waals surface area contributed by atoms with Crippen LogP contribution in [-0.2, 0) is 22.4 Å². The van der Waals surface area contributed by atoms with Gasteiger partial charge in [-0.25, -0.2) is 74.2 Å². The number of anilines is 5. The Morgan fingerprint density at radius 3 is 1.37 bits per heavy atom. The number of halogens is 1. The van der Waals surface area contributed by atoms with Crippen molar-refractivity contribution in [1.29, 1.82) is 10.5 Å². The van der Waals surface area contributed by atoms with Crippen LogP contribution in [0, 0.1) is 42.5 Å². The summed E-state index contributed by atoms with van der Waals surface area (Å²) in [5.41, 5.74) is 25.9. The number of carbonyl (C=O) groups is 4. The summed E-state index contributed by atoms with van der Waals surface area (Å²) in [6, 6.07) is 32.7. The van der Waals surface area contributed by atoms with Crippen molar-refractivity contribution >= 4 is 64.3 Å². The number of aromatic nitrogens is 14. The number of likely N-dealkylation sites (tertiary alicyclic amines) is 4. The highest BCUT2D eigenvalue weighted by molar-refractivity contribution is 5.99. The number of ether oxygens (including phenoxy) is 2. The van der Waals surface area contributed by atoms with Crippen molar-refractivity contribution < 1.29 is 47.0 Å². The highest BCUT2D eigenvalue weighted by Crippen LogP contribution is 2.44. The van der Waals surface area contributed by atoms with Gasteiger partial charge in [0.25, 0.3) is 0 Å². The number of nitriles is 2. The highest BCUT2D eigenvalue weighted by atomic mass is 19.1. The number of pyridine rings is 6. The monoisotopic (exact) mass is 1710 g/mol. The van der Waals surface area contributed by atoms with Crippen molar-refractivity contribution in [2.24, 2.45) is 5.73 Å². The third-order valence-electron chi connectivity index (χ3n) is 23.8. The average Bonchev–Trinajstić information content (AvgIpc) is 1.60. The molecule has 8 fully saturated rings. The summed E-state index contributed by atoms with van der Waals surface area (Å²) >= 11 is 0. The van der Waals surface area contributed by atoms with E-state index < -0.39 is 17.5 Å². The number of hydrogen-bond donors (Lipinski definition) is 5. The Kier molecular flexibility index (Phi) is 24.4. The maximum atomic E-state index is 13.4. The molecule has 37 heteroatoms. The SMILES string of the molecule is CC(C)(C)OC(=O)N1CCC12CN(c1cccc(C#N)n1)C2.CC(C)(C)OC(=O)N1CCC12CNC2.CN1CCC12CN(c1cccc(CN)n1)C2.Cc1cnc2ccc(-c3nc(C(=O)CCc4cccc(N5CC6(CCN6C)C5)n4)c(N)nc3-c3ncco3)cn12.Cc1cnc2ccc(-c3nc(C(=O)O)c(N)nc3-c3ncco3)cn12.N#Cc1cccc(F)n1. The van der Waals surface area contributed by atoms with Crippen LogP contribution in [0.4, 0.5) is 43.1 Å². The molecular formula is C89H100FN27O9. The van der Waals surface area contributed by atoms with Gasteiger partial charge in [-0.1, -0.05) is 24.3 Å². The average molecular weight is 1710 g/mol. The van der Waals surface area contributed by atoms with Crippen LogP contribution in [0.1, 0.15) is 129 Å². The van der Waals surface area contributed by atoms with Crippen LogP contribution in [0.2, 0.25) is 0 Å². The molecule has 12 aromatic rings. The third kappa shape index (κ3) is 18.3. The number of hydrogen-bond acceptors (Lipinski definition) is 31. The van der Waals surface area contributed by atoms with E-state index in [2.05, 4.69) is 99.8 Å². The number of fused-ring (bicyclic) bond motifs is 2. The van der Waals surface area contributed by atoms with Gasteiger partial charge in [0.1, 0.15) is 93.1 Å². The van der Waals surface area contributed by atoms with E-state index in [1.54, 1.807) is 42.9 Å². The van der Waals surface area contributed by atoms with Gasteiger partial charge in [0.05, 0.1) is 40.2 Å². The molecule has 8 aliphatic heterocycles. The number of imidazole rings is 2. The van der Waals surface area contributed by atoms with Gasteiger partial charge in [0, 0.05) is 144 Å². The lowest BCUT2D eigenvalue weighted by Crippen LogP contribution is -2.78. The first kappa shape index (κ1) is 86.9. The Balaban J connectivity index is 0.000000124. The molecule has 8 N–H and O–H groups in total. The Bertz CT molecular complexity index is 6100. The maximum Gasteiger partial charge on any atom is 0.410 e. The quantitative estimate of drug-likeness (QED) is 0.0529. The van der Waals surface area contributed by atoms with Gasteiger partial charge in [-0.2, -0.15) is 14.9 Å². The Labute approximate surface area is 726 Å². The van der Waals surface area contributed by atoms with E-state index in [1.165, 1.54) is 62.5 Å². The van der Waals surface area contributed by atoms with Crippen molar-refractivity contribution in [3.05, 3.63) is 198 Å². The molecule has 8 saturated heterocycles. The molecule has 0 radical (unpaired) electrons. The summed E-state index contributed by atoms with van der Waals surface area (Å²) in [4.78, 5) is 116. The molecule has 20 rings (SSSR count). The fraction of sp³-hybridized carbons (Fsp3) is 0.393. The lowest BCUT2D eigenvalue weighted by molar-refractivity contribution is -0.0662. The van der Waals surface area contributed by atoms with Crippen molar-refractivity contribution in [1.82, 2.24) is 93.5 Å². The molecule has 0 saturated carbocycles. The molecule has 126 heavy (non-hydrogen) atoms. The van der Waals surface area contributed by atoms with Crippen LogP contribution >= 0.6 is 0 Å². The molecule has 652 valence electrons. The number of Topliss-reactive ketones (excluding diaryl/α,β-unsaturated/α-hetero) is 1. The van der Waals surface area contributed by atoms with E-state index in [1.807, 2.05) is 141 Å². The summed E-state index contributed by atoms with van der Waals surface area (Å²) in [6.07, 6.45) is 18.1. The Morgan fingerprint density at radius 2 is 0.968 bits per heavy atom. The summed E-state index contributed by atoms with van der Waals surface area (Å²) in [7, 11) is 4.40. The summed E-state index contributed by atoms with van der Waals surface area (Å²) in [5, 5.41) is 29.6. The van der Waals surface area contributed by atoms with Crippen molar-refractivity contribution in [2.45, 2.75) is 134 Å². The number of aromatic carboxylic acids is 1. The van der Waals surface area contributed by atoms with E-state index in [4.69, 9.17) is 56.0 Å². The Hall–Kier alpha value is -14.0. The number of aryl methyl sites for hydroxylation is 3. The number of carboxylic acids is 1. The second-order valence-corrected chi connectivity index (χ2v) is 34.6. The number of nitrogens with one attached hydrogen (secondary N) is 1. The molecule has 20 heterocycles. The van der Waals surface area contributed by atoms with E-state index in [0.29, 0.717) is 52.4 Å². The summed E-state index contributed by atoms with van der Waals surface area (Å²) in [5.74, 6) is 1.07. The largest absolute Gasteiger partial charge is 0.476 e. The standard InChI is InChI=1S/C29H29N9O2.C16H12N6O3.C16H20N4O2.C12H18N4.C10H18N2O2.C6H3FN2/c1-18-14-32-22-9-6-19(15-38(18)22)24-26(28-31-11-13-40-28)35-27(30)25(34-24)21(39)8-7-20-4-3-5-23(33-20)37-16-29(17-37)10-12-36(29)2;1-8-6-19-10-3-2-9(7-22(8)10)11-12(15-18-4-5-25-15)21-14(17)13(20-11)16(23)24;1-15(2,3)22-14(21)20-8-7-16(20)10-19(11-16)13-6-4-5-12(9-17)18-13;1-15-6-5-12(15)8-16(9-12)11-4-2-3-10(7-13)14-11;1-9(2,3)14-8(13)12-5-4-10(12)6-11-7-10;7-6-3-1-2-5(4-8)9-6/h3-6,9,11,13-15H,7-8,10,12,16-17H2,1-2H3,(H2,30,35);2-7H,1H3,(H2,17,21)(H,23,24);4-6H,7-8,10-11H2,1-3H3;2-4H,5-9,13H2,1H3;11H,4-7H2,1-3H3;1-3H. The second-order valence-electron chi connectivity index (χ2n) is 34.6. The molecular weight excluding hydrogens is 1610 g/mol. The van der Waals surface area contributed by atoms with Crippen LogP contribution in [0.25, 0.3) is 57.0 Å². The first-order valence-corrected chi connectivity index (χ1v) is 41.5. The predicted octanol–water partition coefficient (Wildman–Crippen LogP) is 10.1. The smallest absolute Gasteiger partial charge is 0.410 e. The van der Waals surface area contributed by atoms with Crippen molar-refractivity contribution in [2.75, 3.05) is 119 Å². The van der Waals surface area contributed by atoms with Gasteiger partial charge in [-0.05, 0) is 174 Å². The number of nitrogen functional groups attached to an aromatic ring is 2. The third-order valence-corrected chi connectivity index (χ3v) is 23.8. The molecule has 4 spiro atoms. The van der Waals surface area contributed by atoms with Gasteiger partial charge in [0.2, 0.25) is 17.7 Å². The van der Waals surface area contributed by atoms with Crippen LogP contribution in [0.3, 0.4) is 0 Å². The first-order chi connectivity index (χ1) is 60.3. The zero-order chi connectivity index (χ0) is 89.2. The number of oxazole rings is 2. The van der Waals surface area contributed by atoms with Gasteiger partial charge in [-0.15, -0.1) is 0 Å². The number of carbonyl (C=O) groups excluding carboxylic acids is 3. The van der Waals surface area contributed by atoms with Gasteiger partial charge < -0.3 is 69.4 Å². The molecule has 8 aliphatic rings. The Morgan fingerprint density at radius 1 is 0.532 bits per heavy atom. The number of likely N-dealkylation sites (N-methyl/N-ethyl adjacent to an activating group) is 2. The molecule has 12 aromatic heterocycles. The van der Waals surface area contributed by atoms with E-state index in [-0.39, 0.29) is 87.3 Å². The number of amides is 2. The van der Waals surface area contributed by atoms with Gasteiger partial charge in [0.15, 0.2) is 34.5 Å². The van der Waals surface area contributed by atoms with Crippen molar-refractivity contribution in [3.63, 3.8) is 0 Å². The van der Waals surface area contributed by atoms with Crippen LogP contribution < -0.4 is 37.2 Å². The summed E-state index contributed by atoms with van der Waals surface area (Å²) in [6.45, 7) is 27.3. The highest BCUT2D eigenvalue weighted by Gasteiger charge is 2.58. The number of carboxylic acid groups (broad SMARTS) is 1. The van der Waals surface area contributed by atoms with Crippen LogP contribution in [0.15, 0.2) is 156 Å².